The van der Waals surface area contributed by atoms with Gasteiger partial charge in [0.1, 0.15) is 6.54 Å². The smallest absolute Gasteiger partial charge is 0.393 e. The van der Waals surface area contributed by atoms with E-state index in [1.54, 1.807) is 4.72 Å². The molecular formula is C12H21F3N2O3S. The number of aliphatic hydroxyl groups excluding tert-OH is 1. The molecule has 2 fully saturated rings. The van der Waals surface area contributed by atoms with Crippen molar-refractivity contribution < 1.29 is 26.7 Å². The number of rotatable bonds is 4. The van der Waals surface area contributed by atoms with Gasteiger partial charge >= 0.3 is 6.18 Å². The lowest BCUT2D eigenvalue weighted by atomic mass is 9.89. The zero-order valence-electron chi connectivity index (χ0n) is 11.6. The van der Waals surface area contributed by atoms with Gasteiger partial charge in [-0.15, -0.1) is 0 Å². The predicted octanol–water partition coefficient (Wildman–Crippen LogP) is 1.40. The van der Waals surface area contributed by atoms with E-state index in [9.17, 15) is 26.7 Å². The lowest BCUT2D eigenvalue weighted by molar-refractivity contribution is -0.121. The number of piperidine rings is 1. The first-order valence-corrected chi connectivity index (χ1v) is 8.66. The van der Waals surface area contributed by atoms with E-state index in [4.69, 9.17) is 0 Å². The van der Waals surface area contributed by atoms with E-state index in [0.717, 1.165) is 23.6 Å². The van der Waals surface area contributed by atoms with Gasteiger partial charge in [-0.1, -0.05) is 12.8 Å². The van der Waals surface area contributed by atoms with Crippen molar-refractivity contribution in [2.75, 3.05) is 13.1 Å². The summed E-state index contributed by atoms with van der Waals surface area (Å²) in [7, 11) is -4.17. The molecule has 1 aliphatic heterocycles. The van der Waals surface area contributed by atoms with Crippen LogP contribution < -0.4 is 4.72 Å². The fraction of sp³-hybridized carbons (Fsp3) is 1.00. The van der Waals surface area contributed by atoms with E-state index in [0.29, 0.717) is 19.3 Å². The Morgan fingerprint density at radius 3 is 2.43 bits per heavy atom. The van der Waals surface area contributed by atoms with Gasteiger partial charge in [0.15, 0.2) is 0 Å². The van der Waals surface area contributed by atoms with Crippen molar-refractivity contribution in [2.24, 2.45) is 5.92 Å². The standard InChI is InChI=1S/C12H21F3N2O3S/c13-12(14,15)8-16-21(19,20)17-7-2-1-5-10(17)9-4-3-6-11(9)18/h9-11,16,18H,1-8H2. The monoisotopic (exact) mass is 330 g/mol. The minimum atomic E-state index is -4.58. The minimum Gasteiger partial charge on any atom is -0.393 e. The first kappa shape index (κ1) is 17.0. The molecule has 9 heteroatoms. The molecule has 0 aromatic carbocycles. The molecule has 1 aliphatic carbocycles. The van der Waals surface area contributed by atoms with Crippen LogP contribution in [0.15, 0.2) is 0 Å². The second-order valence-corrected chi connectivity index (χ2v) is 7.49. The highest BCUT2D eigenvalue weighted by Crippen LogP contribution is 2.36. The van der Waals surface area contributed by atoms with Crippen LogP contribution >= 0.6 is 0 Å². The molecule has 0 bridgehead atoms. The Hall–Kier alpha value is -0.380. The Balaban J connectivity index is 2.10. The van der Waals surface area contributed by atoms with Crippen molar-refractivity contribution in [3.63, 3.8) is 0 Å². The fourth-order valence-corrected chi connectivity index (χ4v) is 4.83. The number of hydrogen-bond donors (Lipinski definition) is 2. The normalized spacial score (nSPS) is 32.5. The van der Waals surface area contributed by atoms with E-state index in [2.05, 4.69) is 0 Å². The van der Waals surface area contributed by atoms with Crippen LogP contribution in [0.25, 0.3) is 0 Å². The Morgan fingerprint density at radius 1 is 1.14 bits per heavy atom. The number of nitrogens with one attached hydrogen (secondary N) is 1. The van der Waals surface area contributed by atoms with Crippen LogP contribution in [0.2, 0.25) is 0 Å². The van der Waals surface area contributed by atoms with Crippen molar-refractivity contribution in [3.05, 3.63) is 0 Å². The number of halogens is 3. The molecule has 0 aromatic rings. The van der Waals surface area contributed by atoms with Crippen LogP contribution in [0.3, 0.4) is 0 Å². The average molecular weight is 330 g/mol. The van der Waals surface area contributed by atoms with E-state index in [1.165, 1.54) is 0 Å². The van der Waals surface area contributed by atoms with Gasteiger partial charge in [-0.05, 0) is 25.7 Å². The van der Waals surface area contributed by atoms with Crippen LogP contribution in [0, 0.1) is 5.92 Å². The highest BCUT2D eigenvalue weighted by Gasteiger charge is 2.42. The summed E-state index contributed by atoms with van der Waals surface area (Å²) < 4.78 is 63.7. The van der Waals surface area contributed by atoms with Crippen LogP contribution in [-0.4, -0.2) is 49.2 Å². The summed E-state index contributed by atoms with van der Waals surface area (Å²) in [4.78, 5) is 0. The van der Waals surface area contributed by atoms with E-state index in [-0.39, 0.29) is 12.5 Å². The molecule has 5 nitrogen and oxygen atoms in total. The third kappa shape index (κ3) is 4.30. The molecule has 3 unspecified atom stereocenters. The van der Waals surface area contributed by atoms with Crippen molar-refractivity contribution in [3.8, 4) is 0 Å². The molecule has 0 spiro atoms. The molecule has 0 aromatic heterocycles. The Labute approximate surface area is 122 Å². The van der Waals surface area contributed by atoms with Crippen LogP contribution in [0.5, 0.6) is 0 Å². The summed E-state index contributed by atoms with van der Waals surface area (Å²) in [6, 6.07) is -0.401. The first-order chi connectivity index (χ1) is 9.71. The molecule has 1 saturated carbocycles. The second kappa shape index (κ2) is 6.39. The molecule has 0 amide bonds. The molecule has 2 rings (SSSR count). The highest BCUT2D eigenvalue weighted by molar-refractivity contribution is 7.87. The zero-order valence-corrected chi connectivity index (χ0v) is 12.5. The van der Waals surface area contributed by atoms with Crippen molar-refractivity contribution in [2.45, 2.75) is 56.8 Å². The van der Waals surface area contributed by atoms with Crippen molar-refractivity contribution in [1.82, 2.24) is 9.03 Å². The van der Waals surface area contributed by atoms with Gasteiger partial charge in [0.25, 0.3) is 10.2 Å². The number of alkyl halides is 3. The lowest BCUT2D eigenvalue weighted by Gasteiger charge is -2.39. The van der Waals surface area contributed by atoms with Gasteiger partial charge in [0.05, 0.1) is 6.10 Å². The number of hydrogen-bond acceptors (Lipinski definition) is 3. The maximum atomic E-state index is 12.2. The van der Waals surface area contributed by atoms with E-state index >= 15 is 0 Å². The van der Waals surface area contributed by atoms with E-state index < -0.39 is 35.1 Å². The van der Waals surface area contributed by atoms with Crippen LogP contribution in [-0.2, 0) is 10.2 Å². The number of aliphatic hydroxyl groups is 1. The van der Waals surface area contributed by atoms with Crippen LogP contribution in [0.1, 0.15) is 38.5 Å². The third-order valence-corrected chi connectivity index (χ3v) is 5.87. The van der Waals surface area contributed by atoms with Crippen molar-refractivity contribution >= 4 is 10.2 Å². The topological polar surface area (TPSA) is 69.6 Å². The predicted molar refractivity (Wildman–Crippen MR) is 70.7 cm³/mol. The molecule has 1 saturated heterocycles. The maximum absolute atomic E-state index is 12.2. The first-order valence-electron chi connectivity index (χ1n) is 7.22. The maximum Gasteiger partial charge on any atom is 0.402 e. The van der Waals surface area contributed by atoms with Gasteiger partial charge in [-0.2, -0.15) is 30.6 Å². The average Bonchev–Trinajstić information content (AvgIpc) is 2.82. The molecule has 124 valence electrons. The Bertz CT molecular complexity index is 455. The van der Waals surface area contributed by atoms with Gasteiger partial charge < -0.3 is 5.11 Å². The lowest BCUT2D eigenvalue weighted by Crippen LogP contribution is -2.54. The molecule has 3 atom stereocenters. The Kier molecular flexibility index (Phi) is 5.17. The van der Waals surface area contributed by atoms with Gasteiger partial charge in [0, 0.05) is 18.5 Å². The molecular weight excluding hydrogens is 309 g/mol. The third-order valence-electron chi connectivity index (χ3n) is 4.29. The zero-order chi connectivity index (χ0) is 15.7. The van der Waals surface area contributed by atoms with Gasteiger partial charge in [-0.25, -0.2) is 0 Å². The largest absolute Gasteiger partial charge is 0.402 e. The molecule has 1 heterocycles. The Morgan fingerprint density at radius 2 is 1.86 bits per heavy atom. The van der Waals surface area contributed by atoms with Gasteiger partial charge in [-0.3, -0.25) is 0 Å². The summed E-state index contributed by atoms with van der Waals surface area (Å²) in [5, 5.41) is 9.96. The summed E-state index contributed by atoms with van der Waals surface area (Å²) in [6.07, 6.45) is -0.909. The SMILES string of the molecule is O=S(=O)(NCC(F)(F)F)N1CCCCC1C1CCCC1O. The summed E-state index contributed by atoms with van der Waals surface area (Å²) in [5.74, 6) is -0.173. The number of nitrogens with zero attached hydrogens (tertiary/aromatic N) is 1. The summed E-state index contributed by atoms with van der Waals surface area (Å²) >= 11 is 0. The van der Waals surface area contributed by atoms with Crippen LogP contribution in [0.4, 0.5) is 13.2 Å². The highest BCUT2D eigenvalue weighted by atomic mass is 32.2. The summed E-state index contributed by atoms with van der Waals surface area (Å²) in [6.45, 7) is -1.35. The fourth-order valence-electron chi connectivity index (χ4n) is 3.33. The minimum absolute atomic E-state index is 0.173. The summed E-state index contributed by atoms with van der Waals surface area (Å²) in [5.41, 5.74) is 0. The molecule has 21 heavy (non-hydrogen) atoms. The second-order valence-electron chi connectivity index (χ2n) is 5.78. The molecule has 2 aliphatic rings. The van der Waals surface area contributed by atoms with E-state index in [1.807, 2.05) is 0 Å². The van der Waals surface area contributed by atoms with Gasteiger partial charge in [0.2, 0.25) is 0 Å². The van der Waals surface area contributed by atoms with Crippen molar-refractivity contribution in [1.29, 1.82) is 0 Å². The molecule has 0 radical (unpaired) electrons. The quantitative estimate of drug-likeness (QED) is 0.819. The molecule has 2 N–H and O–H groups in total.